The van der Waals surface area contributed by atoms with Gasteiger partial charge in [-0.25, -0.2) is 0 Å². The standard InChI is InChI=1S/C20H21N5O2/c1-12(13-8-14(26-2)10-15(9-13)27-3)11-21-20-23-19-18(24-25-20)16-6-4-5-7-17(16)22-19/h4-10,12H,11H2,1-3H3,(H2,21,22,23,25). The van der Waals surface area contributed by atoms with Gasteiger partial charge in [0.2, 0.25) is 5.95 Å². The molecule has 0 aliphatic heterocycles. The molecule has 4 aromatic rings. The third kappa shape index (κ3) is 3.36. The van der Waals surface area contributed by atoms with Crippen molar-refractivity contribution in [1.29, 1.82) is 0 Å². The highest BCUT2D eigenvalue weighted by atomic mass is 16.5. The van der Waals surface area contributed by atoms with Crippen molar-refractivity contribution in [1.82, 2.24) is 20.2 Å². The lowest BCUT2D eigenvalue weighted by Gasteiger charge is -2.15. The molecule has 2 N–H and O–H groups in total. The van der Waals surface area contributed by atoms with Gasteiger partial charge in [-0.1, -0.05) is 25.1 Å². The molecule has 2 aromatic heterocycles. The van der Waals surface area contributed by atoms with Gasteiger partial charge < -0.3 is 19.8 Å². The van der Waals surface area contributed by atoms with Crippen LogP contribution in [0.2, 0.25) is 0 Å². The quantitative estimate of drug-likeness (QED) is 0.543. The summed E-state index contributed by atoms with van der Waals surface area (Å²) in [7, 11) is 3.30. The average molecular weight is 363 g/mol. The van der Waals surface area contributed by atoms with Crippen LogP contribution >= 0.6 is 0 Å². The van der Waals surface area contributed by atoms with Crippen molar-refractivity contribution in [3.63, 3.8) is 0 Å². The number of aromatic nitrogens is 4. The van der Waals surface area contributed by atoms with Crippen molar-refractivity contribution < 1.29 is 9.47 Å². The van der Waals surface area contributed by atoms with Gasteiger partial charge in [-0.05, 0) is 29.7 Å². The van der Waals surface area contributed by atoms with Gasteiger partial charge in [-0.3, -0.25) is 0 Å². The molecule has 0 aliphatic carbocycles. The number of aromatic amines is 1. The maximum absolute atomic E-state index is 5.35. The highest BCUT2D eigenvalue weighted by Crippen LogP contribution is 2.27. The zero-order valence-corrected chi connectivity index (χ0v) is 15.5. The molecule has 0 bridgehead atoms. The number of ether oxygens (including phenoxy) is 2. The Morgan fingerprint density at radius 2 is 1.78 bits per heavy atom. The third-order valence-corrected chi connectivity index (χ3v) is 4.63. The van der Waals surface area contributed by atoms with E-state index in [9.17, 15) is 0 Å². The van der Waals surface area contributed by atoms with Crippen LogP contribution in [-0.4, -0.2) is 40.9 Å². The molecule has 0 spiro atoms. The van der Waals surface area contributed by atoms with Crippen LogP contribution in [0.4, 0.5) is 5.95 Å². The number of benzene rings is 2. The zero-order valence-electron chi connectivity index (χ0n) is 15.5. The summed E-state index contributed by atoms with van der Waals surface area (Å²) in [5.74, 6) is 2.24. The van der Waals surface area contributed by atoms with Crippen molar-refractivity contribution in [2.75, 3.05) is 26.1 Å². The fourth-order valence-electron chi connectivity index (χ4n) is 3.07. The molecule has 2 aromatic carbocycles. The Bertz CT molecular complexity index is 1070. The molecule has 4 rings (SSSR count). The fraction of sp³-hybridized carbons (Fsp3) is 0.250. The van der Waals surface area contributed by atoms with Gasteiger partial charge in [0, 0.05) is 23.5 Å². The predicted molar refractivity (Wildman–Crippen MR) is 106 cm³/mol. The molecule has 27 heavy (non-hydrogen) atoms. The van der Waals surface area contributed by atoms with Crippen LogP contribution < -0.4 is 14.8 Å². The molecular formula is C20H21N5O2. The summed E-state index contributed by atoms with van der Waals surface area (Å²) < 4.78 is 10.7. The highest BCUT2D eigenvalue weighted by Gasteiger charge is 2.12. The molecule has 1 atom stereocenters. The van der Waals surface area contributed by atoms with E-state index in [0.717, 1.165) is 39.1 Å². The first-order chi connectivity index (χ1) is 13.2. The number of methoxy groups -OCH3 is 2. The maximum Gasteiger partial charge on any atom is 0.244 e. The van der Waals surface area contributed by atoms with Crippen LogP contribution in [0.1, 0.15) is 18.4 Å². The molecule has 0 saturated heterocycles. The number of para-hydroxylation sites is 1. The van der Waals surface area contributed by atoms with Gasteiger partial charge >= 0.3 is 0 Å². The van der Waals surface area contributed by atoms with E-state index in [4.69, 9.17) is 9.47 Å². The lowest BCUT2D eigenvalue weighted by molar-refractivity contribution is 0.393. The van der Waals surface area contributed by atoms with Crippen molar-refractivity contribution in [3.05, 3.63) is 48.0 Å². The van der Waals surface area contributed by atoms with Crippen molar-refractivity contribution in [3.8, 4) is 11.5 Å². The van der Waals surface area contributed by atoms with Crippen molar-refractivity contribution in [2.24, 2.45) is 0 Å². The van der Waals surface area contributed by atoms with Crippen LogP contribution in [0, 0.1) is 0 Å². The van der Waals surface area contributed by atoms with Crippen LogP contribution in [0.3, 0.4) is 0 Å². The molecule has 0 aliphatic rings. The van der Waals surface area contributed by atoms with Gasteiger partial charge in [-0.15, -0.1) is 10.2 Å². The summed E-state index contributed by atoms with van der Waals surface area (Å²) in [6.07, 6.45) is 0. The van der Waals surface area contributed by atoms with Crippen LogP contribution in [0.15, 0.2) is 42.5 Å². The minimum absolute atomic E-state index is 0.205. The normalized spacial score (nSPS) is 12.3. The minimum Gasteiger partial charge on any atom is -0.497 e. The van der Waals surface area contributed by atoms with Gasteiger partial charge in [0.15, 0.2) is 5.65 Å². The van der Waals surface area contributed by atoms with Crippen LogP contribution in [0.25, 0.3) is 22.1 Å². The van der Waals surface area contributed by atoms with Crippen molar-refractivity contribution >= 4 is 28.0 Å². The number of rotatable bonds is 6. The smallest absolute Gasteiger partial charge is 0.244 e. The molecule has 7 heteroatoms. The van der Waals surface area contributed by atoms with Crippen LogP contribution in [0.5, 0.6) is 11.5 Å². The molecule has 1 unspecified atom stereocenters. The Morgan fingerprint density at radius 3 is 2.52 bits per heavy atom. The van der Waals surface area contributed by atoms with E-state index in [0.29, 0.717) is 12.5 Å². The van der Waals surface area contributed by atoms with Crippen molar-refractivity contribution in [2.45, 2.75) is 12.8 Å². The van der Waals surface area contributed by atoms with E-state index >= 15 is 0 Å². The van der Waals surface area contributed by atoms with E-state index in [-0.39, 0.29) is 5.92 Å². The van der Waals surface area contributed by atoms with E-state index in [1.54, 1.807) is 14.2 Å². The second-order valence-corrected chi connectivity index (χ2v) is 6.43. The topological polar surface area (TPSA) is 84.9 Å². The number of nitrogens with one attached hydrogen (secondary N) is 2. The fourth-order valence-corrected chi connectivity index (χ4v) is 3.07. The Hall–Kier alpha value is -3.35. The maximum atomic E-state index is 5.35. The molecule has 0 radical (unpaired) electrons. The predicted octanol–water partition coefficient (Wildman–Crippen LogP) is 3.74. The number of fused-ring (bicyclic) bond motifs is 3. The third-order valence-electron chi connectivity index (χ3n) is 4.63. The Balaban J connectivity index is 1.53. The number of H-pyrrole nitrogens is 1. The Kier molecular flexibility index (Phi) is 4.50. The summed E-state index contributed by atoms with van der Waals surface area (Å²) in [6.45, 7) is 2.78. The van der Waals surface area contributed by atoms with Crippen LogP contribution in [-0.2, 0) is 0 Å². The zero-order chi connectivity index (χ0) is 18.8. The average Bonchev–Trinajstić information content (AvgIpc) is 3.09. The molecule has 0 fully saturated rings. The number of nitrogens with zero attached hydrogens (tertiary/aromatic N) is 3. The molecule has 7 nitrogen and oxygen atoms in total. The Labute approximate surface area is 156 Å². The molecule has 138 valence electrons. The summed E-state index contributed by atoms with van der Waals surface area (Å²) >= 11 is 0. The number of hydrogen-bond acceptors (Lipinski definition) is 6. The summed E-state index contributed by atoms with van der Waals surface area (Å²) in [6, 6.07) is 13.9. The first-order valence-electron chi connectivity index (χ1n) is 8.76. The second-order valence-electron chi connectivity index (χ2n) is 6.43. The minimum atomic E-state index is 0.205. The first-order valence-corrected chi connectivity index (χ1v) is 8.76. The van der Waals surface area contributed by atoms with E-state index < -0.39 is 0 Å². The summed E-state index contributed by atoms with van der Waals surface area (Å²) in [5.41, 5.74) is 3.62. The largest absolute Gasteiger partial charge is 0.497 e. The van der Waals surface area contributed by atoms with Gasteiger partial charge in [0.25, 0.3) is 0 Å². The molecule has 0 amide bonds. The highest BCUT2D eigenvalue weighted by molar-refractivity contribution is 6.03. The van der Waals surface area contributed by atoms with E-state index in [2.05, 4.69) is 32.4 Å². The summed E-state index contributed by atoms with van der Waals surface area (Å²) in [5, 5.41) is 12.8. The van der Waals surface area contributed by atoms with Gasteiger partial charge in [0.1, 0.15) is 17.0 Å². The van der Waals surface area contributed by atoms with Gasteiger partial charge in [-0.2, -0.15) is 4.98 Å². The Morgan fingerprint density at radius 1 is 1.04 bits per heavy atom. The molecular weight excluding hydrogens is 342 g/mol. The number of anilines is 1. The lowest BCUT2D eigenvalue weighted by atomic mass is 10.0. The molecule has 2 heterocycles. The van der Waals surface area contributed by atoms with E-state index in [1.807, 2.05) is 42.5 Å². The molecule has 0 saturated carbocycles. The second kappa shape index (κ2) is 7.11. The SMILES string of the molecule is COc1cc(OC)cc(C(C)CNc2nnc3c(n2)[nH]c2ccccc23)c1. The van der Waals surface area contributed by atoms with E-state index in [1.165, 1.54) is 0 Å². The lowest BCUT2D eigenvalue weighted by Crippen LogP contribution is -2.12. The monoisotopic (exact) mass is 363 g/mol. The summed E-state index contributed by atoms with van der Waals surface area (Å²) in [4.78, 5) is 7.84. The van der Waals surface area contributed by atoms with Gasteiger partial charge in [0.05, 0.1) is 14.2 Å². The first kappa shape index (κ1) is 17.1. The number of hydrogen-bond donors (Lipinski definition) is 2.